The molecule has 1 heterocycles. The van der Waals surface area contributed by atoms with Gasteiger partial charge in [0, 0.05) is 13.1 Å². The Hall–Kier alpha value is -1.32. The highest BCUT2D eigenvalue weighted by Crippen LogP contribution is 2.22. The van der Waals surface area contributed by atoms with Gasteiger partial charge in [-0.05, 0) is 29.8 Å². The minimum atomic E-state index is -0.888. The van der Waals surface area contributed by atoms with Gasteiger partial charge in [0.2, 0.25) is 0 Å². The number of hydrogen-bond acceptors (Lipinski definition) is 3. The fourth-order valence-electron chi connectivity index (χ4n) is 1.72. The van der Waals surface area contributed by atoms with Gasteiger partial charge in [-0.15, -0.1) is 6.42 Å². The molecule has 98 valence electrons. The van der Waals surface area contributed by atoms with Gasteiger partial charge in [0.25, 0.3) is 0 Å². The van der Waals surface area contributed by atoms with E-state index in [9.17, 15) is 4.79 Å². The predicted molar refractivity (Wildman–Crippen MR) is 72.1 cm³/mol. The van der Waals surface area contributed by atoms with E-state index in [0.717, 1.165) is 22.4 Å². The van der Waals surface area contributed by atoms with Gasteiger partial charge in [-0.3, -0.25) is 14.4 Å². The molecule has 0 unspecified atom stereocenters. The number of aromatic nitrogens is 2. The summed E-state index contributed by atoms with van der Waals surface area (Å²) in [4.78, 5) is 12.5. The van der Waals surface area contributed by atoms with Crippen molar-refractivity contribution in [1.29, 1.82) is 0 Å². The van der Waals surface area contributed by atoms with Gasteiger partial charge in [0.1, 0.15) is 0 Å². The molecule has 5 nitrogen and oxygen atoms in total. The Morgan fingerprint density at radius 2 is 2.33 bits per heavy atom. The van der Waals surface area contributed by atoms with Crippen LogP contribution in [0.2, 0.25) is 0 Å². The zero-order valence-corrected chi connectivity index (χ0v) is 12.1. The zero-order chi connectivity index (χ0) is 13.7. The molecule has 0 spiro atoms. The van der Waals surface area contributed by atoms with Crippen molar-refractivity contribution in [3.05, 3.63) is 15.9 Å². The Labute approximate surface area is 115 Å². The smallest absolute Gasteiger partial charge is 0.317 e. The summed E-state index contributed by atoms with van der Waals surface area (Å²) >= 11 is 3.48. The molecule has 1 N–H and O–H groups in total. The van der Waals surface area contributed by atoms with Crippen molar-refractivity contribution in [2.24, 2.45) is 0 Å². The summed E-state index contributed by atoms with van der Waals surface area (Å²) in [5.41, 5.74) is 1.84. The summed E-state index contributed by atoms with van der Waals surface area (Å²) in [5, 5.41) is 13.2. The van der Waals surface area contributed by atoms with Crippen LogP contribution in [0.25, 0.3) is 0 Å². The molecule has 0 radical (unpaired) electrons. The molecule has 1 aromatic heterocycles. The Morgan fingerprint density at radius 3 is 2.83 bits per heavy atom. The van der Waals surface area contributed by atoms with E-state index in [4.69, 9.17) is 11.5 Å². The van der Waals surface area contributed by atoms with Gasteiger partial charge in [-0.25, -0.2) is 0 Å². The standard InChI is InChI=1S/C12H16BrN3O2/c1-4-6-15(8-11(17)18)7-10-12(13)9(3)14-16(10)5-2/h1H,5-8H2,2-3H3,(H,17,18). The number of aliphatic carboxylic acids is 1. The fourth-order valence-corrected chi connectivity index (χ4v) is 2.13. The number of terminal acetylenes is 1. The third-order valence-electron chi connectivity index (χ3n) is 2.50. The fraction of sp³-hybridized carbons (Fsp3) is 0.500. The first-order valence-electron chi connectivity index (χ1n) is 5.59. The molecule has 0 bridgehead atoms. The van der Waals surface area contributed by atoms with Gasteiger partial charge < -0.3 is 5.11 Å². The third kappa shape index (κ3) is 3.59. The molecule has 1 aromatic rings. The van der Waals surface area contributed by atoms with Crippen LogP contribution in [0.4, 0.5) is 0 Å². The summed E-state index contributed by atoms with van der Waals surface area (Å²) in [7, 11) is 0. The van der Waals surface area contributed by atoms with Crippen molar-refractivity contribution in [2.45, 2.75) is 26.9 Å². The first-order valence-corrected chi connectivity index (χ1v) is 6.38. The van der Waals surface area contributed by atoms with Crippen LogP contribution in [0, 0.1) is 19.3 Å². The highest BCUT2D eigenvalue weighted by molar-refractivity contribution is 9.10. The van der Waals surface area contributed by atoms with Crippen LogP contribution in [-0.2, 0) is 17.9 Å². The monoisotopic (exact) mass is 313 g/mol. The van der Waals surface area contributed by atoms with E-state index >= 15 is 0 Å². The van der Waals surface area contributed by atoms with Crippen LogP contribution in [0.5, 0.6) is 0 Å². The quantitative estimate of drug-likeness (QED) is 0.808. The number of halogens is 1. The Bertz CT molecular complexity index is 476. The minimum Gasteiger partial charge on any atom is -0.480 e. The summed E-state index contributed by atoms with van der Waals surface area (Å²) < 4.78 is 2.77. The molecule has 0 fully saturated rings. The lowest BCUT2D eigenvalue weighted by Crippen LogP contribution is -2.30. The van der Waals surface area contributed by atoms with E-state index in [1.165, 1.54) is 0 Å². The minimum absolute atomic E-state index is 0.0788. The summed E-state index contributed by atoms with van der Waals surface area (Å²) in [6.07, 6.45) is 5.25. The molecule has 0 aliphatic rings. The van der Waals surface area contributed by atoms with Gasteiger partial charge in [0.15, 0.2) is 0 Å². The number of carbonyl (C=O) groups is 1. The van der Waals surface area contributed by atoms with Gasteiger partial charge >= 0.3 is 5.97 Å². The largest absolute Gasteiger partial charge is 0.480 e. The van der Waals surface area contributed by atoms with Crippen LogP contribution in [0.1, 0.15) is 18.3 Å². The SMILES string of the molecule is C#CCN(CC(=O)O)Cc1c(Br)c(C)nn1CC. The second kappa shape index (κ2) is 6.57. The maximum atomic E-state index is 10.8. The van der Waals surface area contributed by atoms with Gasteiger partial charge in [0.05, 0.1) is 29.0 Å². The van der Waals surface area contributed by atoms with Crippen molar-refractivity contribution in [1.82, 2.24) is 14.7 Å². The normalized spacial score (nSPS) is 10.6. The average Bonchev–Trinajstić information content (AvgIpc) is 2.56. The first-order chi connectivity index (χ1) is 8.49. The van der Waals surface area contributed by atoms with E-state index in [1.807, 2.05) is 18.5 Å². The van der Waals surface area contributed by atoms with E-state index in [-0.39, 0.29) is 6.54 Å². The third-order valence-corrected chi connectivity index (χ3v) is 3.53. The molecule has 0 saturated heterocycles. The molecule has 0 atom stereocenters. The number of rotatable bonds is 6. The van der Waals surface area contributed by atoms with Crippen LogP contribution in [0.15, 0.2) is 4.47 Å². The molecule has 6 heteroatoms. The van der Waals surface area contributed by atoms with Crippen LogP contribution in [0.3, 0.4) is 0 Å². The first kappa shape index (κ1) is 14.7. The van der Waals surface area contributed by atoms with Gasteiger partial charge in [-0.1, -0.05) is 5.92 Å². The highest BCUT2D eigenvalue weighted by atomic mass is 79.9. The van der Waals surface area contributed by atoms with Crippen LogP contribution >= 0.6 is 15.9 Å². The lowest BCUT2D eigenvalue weighted by molar-refractivity contribution is -0.138. The molecule has 0 aromatic carbocycles. The Kier molecular flexibility index (Phi) is 5.38. The second-order valence-corrected chi connectivity index (χ2v) is 4.70. The van der Waals surface area contributed by atoms with Gasteiger partial charge in [-0.2, -0.15) is 5.10 Å². The number of aryl methyl sites for hydroxylation is 2. The van der Waals surface area contributed by atoms with E-state index < -0.39 is 5.97 Å². The zero-order valence-electron chi connectivity index (χ0n) is 10.5. The summed E-state index contributed by atoms with van der Waals surface area (Å²) in [6.45, 7) is 5.31. The number of carboxylic acids is 1. The molecule has 0 saturated carbocycles. The van der Waals surface area contributed by atoms with Crippen LogP contribution < -0.4 is 0 Å². The van der Waals surface area contributed by atoms with Crippen molar-refractivity contribution in [3.8, 4) is 12.3 Å². The Balaban J connectivity index is 2.92. The van der Waals surface area contributed by atoms with E-state index in [0.29, 0.717) is 13.1 Å². The van der Waals surface area contributed by atoms with E-state index in [1.54, 1.807) is 4.90 Å². The number of hydrogen-bond donors (Lipinski definition) is 1. The lowest BCUT2D eigenvalue weighted by Gasteiger charge is -2.18. The molecular formula is C12H16BrN3O2. The molecule has 0 amide bonds. The maximum Gasteiger partial charge on any atom is 0.317 e. The molecule has 18 heavy (non-hydrogen) atoms. The maximum absolute atomic E-state index is 10.8. The summed E-state index contributed by atoms with van der Waals surface area (Å²) in [5.74, 6) is 1.59. The Morgan fingerprint density at radius 1 is 1.67 bits per heavy atom. The van der Waals surface area contributed by atoms with Crippen LogP contribution in [-0.4, -0.2) is 38.8 Å². The lowest BCUT2D eigenvalue weighted by atomic mass is 10.3. The molecular weight excluding hydrogens is 298 g/mol. The van der Waals surface area contributed by atoms with Crippen molar-refractivity contribution < 1.29 is 9.90 Å². The predicted octanol–water partition coefficient (Wildman–Crippen LogP) is 1.49. The highest BCUT2D eigenvalue weighted by Gasteiger charge is 2.16. The molecule has 0 aliphatic heterocycles. The second-order valence-electron chi connectivity index (χ2n) is 3.90. The molecule has 0 aliphatic carbocycles. The van der Waals surface area contributed by atoms with Crippen molar-refractivity contribution in [2.75, 3.05) is 13.1 Å². The van der Waals surface area contributed by atoms with Crippen molar-refractivity contribution in [3.63, 3.8) is 0 Å². The average molecular weight is 314 g/mol. The summed E-state index contributed by atoms with van der Waals surface area (Å²) in [6, 6.07) is 0. The van der Waals surface area contributed by atoms with E-state index in [2.05, 4.69) is 26.9 Å². The topological polar surface area (TPSA) is 58.4 Å². The number of nitrogens with zero attached hydrogens (tertiary/aromatic N) is 3. The van der Waals surface area contributed by atoms with Crippen molar-refractivity contribution >= 4 is 21.9 Å². The number of carboxylic acid groups (broad SMARTS) is 1. The molecule has 1 rings (SSSR count).